The summed E-state index contributed by atoms with van der Waals surface area (Å²) in [6.07, 6.45) is 0.907. The van der Waals surface area contributed by atoms with Crippen molar-refractivity contribution in [2.75, 3.05) is 24.6 Å². The van der Waals surface area contributed by atoms with Crippen LogP contribution >= 0.6 is 11.8 Å². The van der Waals surface area contributed by atoms with Crippen LogP contribution in [-0.2, 0) is 0 Å². The molecule has 1 aromatic rings. The molecular weight excluding hydrogens is 261 g/mol. The fourth-order valence-electron chi connectivity index (χ4n) is 2.48. The van der Waals surface area contributed by atoms with Crippen molar-refractivity contribution in [1.82, 2.24) is 4.90 Å². The number of guanidine groups is 1. The van der Waals surface area contributed by atoms with Gasteiger partial charge >= 0.3 is 0 Å². The maximum atomic E-state index is 13.7. The first-order valence-corrected chi connectivity index (χ1v) is 7.81. The van der Waals surface area contributed by atoms with E-state index in [2.05, 4.69) is 9.89 Å². The molecule has 3 nitrogen and oxygen atoms in total. The number of hydrogen-bond acceptors (Lipinski definition) is 2. The quantitative estimate of drug-likeness (QED) is 0.665. The van der Waals surface area contributed by atoms with Crippen molar-refractivity contribution in [3.05, 3.63) is 35.6 Å². The second-order valence-corrected chi connectivity index (χ2v) is 6.24. The van der Waals surface area contributed by atoms with Crippen LogP contribution in [0.5, 0.6) is 0 Å². The van der Waals surface area contributed by atoms with Crippen LogP contribution in [0.25, 0.3) is 0 Å². The van der Waals surface area contributed by atoms with Crippen LogP contribution in [0.4, 0.5) is 4.39 Å². The van der Waals surface area contributed by atoms with Crippen molar-refractivity contribution in [2.24, 2.45) is 10.7 Å². The van der Waals surface area contributed by atoms with E-state index in [4.69, 9.17) is 5.73 Å². The van der Waals surface area contributed by atoms with Gasteiger partial charge in [0.1, 0.15) is 5.82 Å². The molecule has 0 unspecified atom stereocenters. The molecule has 2 fully saturated rings. The average Bonchev–Trinajstić information content (AvgIpc) is 3.19. The lowest BCUT2D eigenvalue weighted by atomic mass is 10.1. The lowest BCUT2D eigenvalue weighted by molar-refractivity contribution is 0.455. The van der Waals surface area contributed by atoms with Gasteiger partial charge in [0.25, 0.3) is 0 Å². The van der Waals surface area contributed by atoms with Gasteiger partial charge in [-0.1, -0.05) is 18.2 Å². The lowest BCUT2D eigenvalue weighted by Gasteiger charge is -2.27. The van der Waals surface area contributed by atoms with Gasteiger partial charge in [0.2, 0.25) is 0 Å². The van der Waals surface area contributed by atoms with Gasteiger partial charge in [-0.25, -0.2) is 9.38 Å². The Hall–Kier alpha value is -1.23. The predicted octanol–water partition coefficient (Wildman–Crippen LogP) is 2.05. The lowest BCUT2D eigenvalue weighted by Crippen LogP contribution is -2.42. The third-order valence-corrected chi connectivity index (χ3v) is 4.64. The Morgan fingerprint density at radius 2 is 2.05 bits per heavy atom. The number of nitrogens with zero attached hydrogens (tertiary/aromatic N) is 2. The van der Waals surface area contributed by atoms with E-state index < -0.39 is 0 Å². The SMILES string of the molecule is NC(=N[C@@H]1C[C@H]1c1ccccc1F)N1CCSCC1. The normalized spacial score (nSPS) is 27.4. The van der Waals surface area contributed by atoms with Crippen LogP contribution in [0, 0.1) is 5.82 Å². The molecule has 1 aliphatic carbocycles. The third-order valence-electron chi connectivity index (χ3n) is 3.69. The standard InChI is InChI=1S/C14H18FN3S/c15-12-4-2-1-3-10(12)11-9-13(11)17-14(16)18-5-7-19-8-6-18/h1-4,11,13H,5-9H2,(H2,16,17)/t11-,13+/m0/s1. The highest BCUT2D eigenvalue weighted by Crippen LogP contribution is 2.44. The van der Waals surface area contributed by atoms with Gasteiger partial charge in [0.15, 0.2) is 5.96 Å². The second-order valence-electron chi connectivity index (χ2n) is 5.02. The fourth-order valence-corrected chi connectivity index (χ4v) is 3.38. The molecule has 1 heterocycles. The van der Waals surface area contributed by atoms with Gasteiger partial charge in [0.05, 0.1) is 6.04 Å². The molecule has 2 atom stereocenters. The molecule has 1 saturated heterocycles. The molecule has 1 aromatic carbocycles. The molecule has 3 rings (SSSR count). The van der Waals surface area contributed by atoms with Crippen LogP contribution < -0.4 is 5.73 Å². The van der Waals surface area contributed by atoms with Crippen LogP contribution in [0.15, 0.2) is 29.3 Å². The second kappa shape index (κ2) is 5.41. The molecule has 5 heteroatoms. The molecule has 102 valence electrons. The van der Waals surface area contributed by atoms with Gasteiger partial charge < -0.3 is 10.6 Å². The fraction of sp³-hybridized carbons (Fsp3) is 0.500. The van der Waals surface area contributed by atoms with E-state index in [0.29, 0.717) is 5.96 Å². The third kappa shape index (κ3) is 2.86. The van der Waals surface area contributed by atoms with Crippen LogP contribution in [0.1, 0.15) is 17.9 Å². The molecule has 2 aliphatic rings. The summed E-state index contributed by atoms with van der Waals surface area (Å²) >= 11 is 1.95. The summed E-state index contributed by atoms with van der Waals surface area (Å²) in [6.45, 7) is 1.94. The van der Waals surface area contributed by atoms with Crippen LogP contribution in [0.3, 0.4) is 0 Å². The van der Waals surface area contributed by atoms with E-state index in [-0.39, 0.29) is 17.8 Å². The monoisotopic (exact) mass is 279 g/mol. The molecule has 0 aromatic heterocycles. The molecule has 0 bridgehead atoms. The number of nitrogens with two attached hydrogens (primary N) is 1. The summed E-state index contributed by atoms with van der Waals surface area (Å²) in [5.41, 5.74) is 6.82. The molecule has 0 radical (unpaired) electrons. The minimum Gasteiger partial charge on any atom is -0.370 e. The molecule has 19 heavy (non-hydrogen) atoms. The Morgan fingerprint density at radius 3 is 2.79 bits per heavy atom. The summed E-state index contributed by atoms with van der Waals surface area (Å²) in [5.74, 6) is 2.93. The summed E-state index contributed by atoms with van der Waals surface area (Å²) in [7, 11) is 0. The van der Waals surface area contributed by atoms with Crippen molar-refractivity contribution in [1.29, 1.82) is 0 Å². The van der Waals surface area contributed by atoms with Crippen molar-refractivity contribution < 1.29 is 4.39 Å². The van der Waals surface area contributed by atoms with Crippen LogP contribution in [0.2, 0.25) is 0 Å². The Kier molecular flexibility index (Phi) is 3.64. The van der Waals surface area contributed by atoms with Crippen molar-refractivity contribution in [3.63, 3.8) is 0 Å². The topological polar surface area (TPSA) is 41.6 Å². The minimum atomic E-state index is -0.127. The number of halogens is 1. The minimum absolute atomic E-state index is 0.127. The van der Waals surface area contributed by atoms with Crippen molar-refractivity contribution in [3.8, 4) is 0 Å². The number of aliphatic imine (C=N–C) groups is 1. The number of benzene rings is 1. The van der Waals surface area contributed by atoms with Gasteiger partial charge in [-0.2, -0.15) is 11.8 Å². The molecule has 1 saturated carbocycles. The van der Waals surface area contributed by atoms with Gasteiger partial charge in [-0.15, -0.1) is 0 Å². The highest BCUT2D eigenvalue weighted by Gasteiger charge is 2.40. The highest BCUT2D eigenvalue weighted by molar-refractivity contribution is 7.99. The summed E-state index contributed by atoms with van der Waals surface area (Å²) in [4.78, 5) is 6.69. The van der Waals surface area contributed by atoms with E-state index in [9.17, 15) is 4.39 Å². The van der Waals surface area contributed by atoms with Crippen molar-refractivity contribution >= 4 is 17.7 Å². The molecular formula is C14H18FN3S. The summed E-state index contributed by atoms with van der Waals surface area (Å²) in [5, 5.41) is 0. The Labute approximate surface area is 117 Å². The van der Waals surface area contributed by atoms with E-state index in [1.54, 1.807) is 6.07 Å². The largest absolute Gasteiger partial charge is 0.370 e. The summed E-state index contributed by atoms with van der Waals surface area (Å²) < 4.78 is 13.7. The number of thioether (sulfide) groups is 1. The highest BCUT2D eigenvalue weighted by atomic mass is 32.2. The van der Waals surface area contributed by atoms with E-state index >= 15 is 0 Å². The molecule has 0 amide bonds. The maximum absolute atomic E-state index is 13.7. The first-order valence-electron chi connectivity index (χ1n) is 6.66. The zero-order valence-corrected chi connectivity index (χ0v) is 11.6. The number of rotatable bonds is 2. The first kappa shape index (κ1) is 12.8. The van der Waals surface area contributed by atoms with Gasteiger partial charge in [0, 0.05) is 30.5 Å². The van der Waals surface area contributed by atoms with E-state index in [0.717, 1.165) is 36.6 Å². The molecule has 1 aliphatic heterocycles. The van der Waals surface area contributed by atoms with E-state index in [1.165, 1.54) is 6.07 Å². The van der Waals surface area contributed by atoms with Crippen molar-refractivity contribution in [2.45, 2.75) is 18.4 Å². The first-order chi connectivity index (χ1) is 9.25. The van der Waals surface area contributed by atoms with Gasteiger partial charge in [-0.3, -0.25) is 0 Å². The average molecular weight is 279 g/mol. The summed E-state index contributed by atoms with van der Waals surface area (Å²) in [6, 6.07) is 7.12. The Balaban J connectivity index is 1.65. The Morgan fingerprint density at radius 1 is 1.32 bits per heavy atom. The predicted molar refractivity (Wildman–Crippen MR) is 78.1 cm³/mol. The maximum Gasteiger partial charge on any atom is 0.191 e. The van der Waals surface area contributed by atoms with Crippen LogP contribution in [-0.4, -0.2) is 41.5 Å². The molecule has 2 N–H and O–H groups in total. The van der Waals surface area contributed by atoms with E-state index in [1.807, 2.05) is 23.9 Å². The Bertz CT molecular complexity index is 485. The molecule has 0 spiro atoms. The zero-order valence-electron chi connectivity index (χ0n) is 10.8. The smallest absolute Gasteiger partial charge is 0.191 e. The zero-order chi connectivity index (χ0) is 13.2. The number of hydrogen-bond donors (Lipinski definition) is 1. The van der Waals surface area contributed by atoms with Gasteiger partial charge in [-0.05, 0) is 18.1 Å².